The highest BCUT2D eigenvalue weighted by molar-refractivity contribution is 7.81. The molecule has 3 N–H and O–H groups in total. The Balaban J connectivity index is 1.87. The van der Waals surface area contributed by atoms with Gasteiger partial charge in [-0.3, -0.25) is 9.59 Å². The lowest BCUT2D eigenvalue weighted by Crippen LogP contribution is -2.59. The molecule has 0 radical (unpaired) electrons. The van der Waals surface area contributed by atoms with Crippen LogP contribution in [0.5, 0.6) is 0 Å². The third-order valence-corrected chi connectivity index (χ3v) is 7.52. The van der Waals surface area contributed by atoms with Crippen LogP contribution in [0.3, 0.4) is 0 Å². The predicted molar refractivity (Wildman–Crippen MR) is 146 cm³/mol. The van der Waals surface area contributed by atoms with Crippen LogP contribution in [0.15, 0.2) is 67.3 Å². The predicted octanol–water partition coefficient (Wildman–Crippen LogP) is 4.30. The monoisotopic (exact) mass is 506 g/mol. The van der Waals surface area contributed by atoms with E-state index in [-0.39, 0.29) is 18.2 Å². The molecule has 0 aliphatic heterocycles. The molecule has 0 heterocycles. The van der Waals surface area contributed by atoms with Crippen LogP contribution >= 0.6 is 12.6 Å². The van der Waals surface area contributed by atoms with Crippen LogP contribution in [0, 0.1) is 5.92 Å². The smallest absolute Gasteiger partial charge is 0.326 e. The summed E-state index contributed by atoms with van der Waals surface area (Å²) in [4.78, 5) is 38.9. The Hall–Kier alpha value is -3.32. The van der Waals surface area contributed by atoms with Gasteiger partial charge in [0.1, 0.15) is 11.6 Å². The van der Waals surface area contributed by atoms with Crippen molar-refractivity contribution in [2.75, 3.05) is 0 Å². The Bertz CT molecular complexity index is 1170. The van der Waals surface area contributed by atoms with Gasteiger partial charge in [-0.05, 0) is 53.5 Å². The molecule has 0 spiro atoms. The number of nitrogens with one attached hydrogen (secondary N) is 2. The van der Waals surface area contributed by atoms with Gasteiger partial charge in [0.2, 0.25) is 5.91 Å². The number of allylic oxidation sites excluding steroid dienone is 3. The summed E-state index contributed by atoms with van der Waals surface area (Å²) in [5.74, 6) is -2.06. The molecule has 2 aromatic carbocycles. The SMILES string of the molecule is C=C/C=C(\C)c1ccc(C[C@H](NC(=O)C2(NC(=O)[C@@H](S)C(C)C)CCc3ccccc32)C(=O)O)cc1. The maximum Gasteiger partial charge on any atom is 0.326 e. The van der Waals surface area contributed by atoms with Crippen LogP contribution in [-0.2, 0) is 32.8 Å². The lowest BCUT2D eigenvalue weighted by Gasteiger charge is -2.33. The maximum atomic E-state index is 13.7. The average Bonchev–Trinajstić information content (AvgIpc) is 3.23. The highest BCUT2D eigenvalue weighted by atomic mass is 32.1. The molecule has 6 nitrogen and oxygen atoms in total. The van der Waals surface area contributed by atoms with E-state index < -0.39 is 28.7 Å². The first-order valence-electron chi connectivity index (χ1n) is 12.1. The topological polar surface area (TPSA) is 95.5 Å². The highest BCUT2D eigenvalue weighted by Gasteiger charge is 2.48. The summed E-state index contributed by atoms with van der Waals surface area (Å²) in [6.45, 7) is 9.44. The minimum atomic E-state index is -1.35. The van der Waals surface area contributed by atoms with Gasteiger partial charge >= 0.3 is 5.97 Å². The van der Waals surface area contributed by atoms with Crippen molar-refractivity contribution in [2.45, 2.75) is 56.9 Å². The van der Waals surface area contributed by atoms with Gasteiger partial charge in [0.15, 0.2) is 0 Å². The first kappa shape index (κ1) is 27.3. The molecule has 190 valence electrons. The fourth-order valence-electron chi connectivity index (χ4n) is 4.51. The number of carboxylic acids is 1. The number of benzene rings is 2. The molecular weight excluding hydrogens is 472 g/mol. The van der Waals surface area contributed by atoms with Crippen molar-refractivity contribution in [2.24, 2.45) is 5.92 Å². The fourth-order valence-corrected chi connectivity index (χ4v) is 4.58. The van der Waals surface area contributed by atoms with Crippen molar-refractivity contribution < 1.29 is 19.5 Å². The van der Waals surface area contributed by atoms with Crippen LogP contribution in [0.2, 0.25) is 0 Å². The minimum Gasteiger partial charge on any atom is -0.480 e. The molecule has 7 heteroatoms. The van der Waals surface area contributed by atoms with Gasteiger partial charge in [-0.2, -0.15) is 12.6 Å². The van der Waals surface area contributed by atoms with Crippen LogP contribution in [-0.4, -0.2) is 34.2 Å². The van der Waals surface area contributed by atoms with Gasteiger partial charge in [0, 0.05) is 6.42 Å². The number of aryl methyl sites for hydroxylation is 1. The van der Waals surface area contributed by atoms with E-state index in [1.165, 1.54) is 0 Å². The first-order chi connectivity index (χ1) is 17.1. The number of hydrogen-bond donors (Lipinski definition) is 4. The molecule has 0 bridgehead atoms. The molecule has 0 fully saturated rings. The van der Waals surface area contributed by atoms with Crippen molar-refractivity contribution in [1.29, 1.82) is 0 Å². The van der Waals surface area contributed by atoms with Crippen molar-refractivity contribution in [3.63, 3.8) is 0 Å². The number of carboxylic acid groups (broad SMARTS) is 1. The molecule has 1 unspecified atom stereocenters. The second-order valence-electron chi connectivity index (χ2n) is 9.59. The standard InChI is InChI=1S/C29H34N2O4S/c1-5-8-19(4)21-13-11-20(12-14-21)17-24(27(33)34)30-28(35)29(31-26(32)25(36)18(2)3)16-15-22-9-6-7-10-23(22)29/h5-14,18,24-25,36H,1,15-17H2,2-4H3,(H,30,35)(H,31,32)(H,33,34)/b19-8+/t24-,25-,29?/m0/s1. The van der Waals surface area contributed by atoms with Crippen molar-refractivity contribution in [3.05, 3.63) is 89.5 Å². The summed E-state index contributed by atoms with van der Waals surface area (Å²) in [5, 5.41) is 15.0. The molecule has 2 aromatic rings. The van der Waals surface area contributed by atoms with E-state index in [1.54, 1.807) is 6.08 Å². The molecule has 36 heavy (non-hydrogen) atoms. The summed E-state index contributed by atoms with van der Waals surface area (Å²) >= 11 is 4.43. The van der Waals surface area contributed by atoms with Crippen LogP contribution < -0.4 is 10.6 Å². The van der Waals surface area contributed by atoms with Crippen LogP contribution in [0.1, 0.15) is 49.4 Å². The van der Waals surface area contributed by atoms with E-state index >= 15 is 0 Å². The zero-order chi connectivity index (χ0) is 26.5. The van der Waals surface area contributed by atoms with E-state index in [0.29, 0.717) is 18.4 Å². The van der Waals surface area contributed by atoms with Gasteiger partial charge < -0.3 is 15.7 Å². The number of rotatable bonds is 10. The maximum absolute atomic E-state index is 13.7. The lowest BCUT2D eigenvalue weighted by molar-refractivity contribution is -0.143. The fraction of sp³-hybridized carbons (Fsp3) is 0.345. The second-order valence-corrected chi connectivity index (χ2v) is 10.1. The Morgan fingerprint density at radius 1 is 1.14 bits per heavy atom. The normalized spacial score (nSPS) is 18.8. The van der Waals surface area contributed by atoms with E-state index in [1.807, 2.05) is 75.4 Å². The van der Waals surface area contributed by atoms with Gasteiger partial charge in [-0.15, -0.1) is 0 Å². The third-order valence-electron chi connectivity index (χ3n) is 6.69. The van der Waals surface area contributed by atoms with Gasteiger partial charge in [-0.25, -0.2) is 4.79 Å². The molecule has 0 saturated carbocycles. The van der Waals surface area contributed by atoms with Gasteiger partial charge in [-0.1, -0.05) is 81.1 Å². The molecule has 2 amide bonds. The van der Waals surface area contributed by atoms with Crippen LogP contribution in [0.4, 0.5) is 0 Å². The molecule has 0 aromatic heterocycles. The van der Waals surface area contributed by atoms with Crippen molar-refractivity contribution >= 4 is 36.0 Å². The van der Waals surface area contributed by atoms with E-state index in [4.69, 9.17) is 0 Å². The van der Waals surface area contributed by atoms with Gasteiger partial charge in [0.05, 0.1) is 5.25 Å². The summed E-state index contributed by atoms with van der Waals surface area (Å²) < 4.78 is 0. The van der Waals surface area contributed by atoms with Crippen LogP contribution in [0.25, 0.3) is 5.57 Å². The minimum absolute atomic E-state index is 0.0372. The highest BCUT2D eigenvalue weighted by Crippen LogP contribution is 2.38. The number of thiol groups is 1. The zero-order valence-corrected chi connectivity index (χ0v) is 21.8. The number of amides is 2. The van der Waals surface area contributed by atoms with Crippen molar-refractivity contribution in [1.82, 2.24) is 10.6 Å². The Morgan fingerprint density at radius 3 is 2.42 bits per heavy atom. The molecule has 3 atom stereocenters. The van der Waals surface area contributed by atoms with Crippen molar-refractivity contribution in [3.8, 4) is 0 Å². The second kappa shape index (κ2) is 11.6. The number of aliphatic carboxylic acids is 1. The van der Waals surface area contributed by atoms with Gasteiger partial charge in [0.25, 0.3) is 5.91 Å². The Morgan fingerprint density at radius 2 is 1.81 bits per heavy atom. The molecule has 1 aliphatic carbocycles. The summed E-state index contributed by atoms with van der Waals surface area (Å²) in [5.41, 5.74) is 3.12. The average molecular weight is 507 g/mol. The van der Waals surface area contributed by atoms with E-state index in [2.05, 4.69) is 29.8 Å². The summed E-state index contributed by atoms with van der Waals surface area (Å²) in [6, 6.07) is 13.8. The molecular formula is C29H34N2O4S. The number of fused-ring (bicyclic) bond motifs is 1. The third kappa shape index (κ3) is 5.90. The Kier molecular flexibility index (Phi) is 8.79. The molecule has 3 rings (SSSR count). The Labute approximate surface area is 218 Å². The number of hydrogen-bond acceptors (Lipinski definition) is 4. The quantitative estimate of drug-likeness (QED) is 0.285. The summed E-state index contributed by atoms with van der Waals surface area (Å²) in [6.07, 6.45) is 4.67. The zero-order valence-electron chi connectivity index (χ0n) is 21.0. The lowest BCUT2D eigenvalue weighted by atomic mass is 9.89. The van der Waals surface area contributed by atoms with E-state index in [0.717, 1.165) is 22.3 Å². The molecule has 0 saturated heterocycles. The largest absolute Gasteiger partial charge is 0.480 e. The number of carbonyl (C=O) groups excluding carboxylic acids is 2. The number of carbonyl (C=O) groups is 3. The van der Waals surface area contributed by atoms with E-state index in [9.17, 15) is 19.5 Å². The molecule has 1 aliphatic rings. The first-order valence-corrected chi connectivity index (χ1v) is 12.6. The summed E-state index contributed by atoms with van der Waals surface area (Å²) in [7, 11) is 0.